The zero-order chi connectivity index (χ0) is 15.2. The van der Waals surface area contributed by atoms with Crippen molar-refractivity contribution < 1.29 is 18.8 Å². The van der Waals surface area contributed by atoms with Gasteiger partial charge in [-0.15, -0.1) is 0 Å². The summed E-state index contributed by atoms with van der Waals surface area (Å²) in [6.45, 7) is 0.128. The molecule has 0 radical (unpaired) electrons. The highest BCUT2D eigenvalue weighted by atomic mass is 16.7. The molecule has 0 fully saturated rings. The second kappa shape index (κ2) is 6.59. The number of amides is 1. The lowest BCUT2D eigenvalue weighted by molar-refractivity contribution is -0.0774. The number of para-hydroxylation sites is 1. The van der Waals surface area contributed by atoms with E-state index in [9.17, 15) is 4.79 Å². The number of nitriles is 1. The highest BCUT2D eigenvalue weighted by molar-refractivity contribution is 5.90. The van der Waals surface area contributed by atoms with Gasteiger partial charge in [-0.1, -0.05) is 12.1 Å². The van der Waals surface area contributed by atoms with E-state index in [2.05, 4.69) is 0 Å². The maximum Gasteiger partial charge on any atom is 0.312 e. The largest absolute Gasteiger partial charge is 0.484 e. The molecular formula is C15H14N2O4. The lowest BCUT2D eigenvalue weighted by Crippen LogP contribution is -2.24. The first kappa shape index (κ1) is 14.6. The van der Waals surface area contributed by atoms with Gasteiger partial charge in [0.05, 0.1) is 12.7 Å². The molecule has 1 aromatic heterocycles. The second-order valence-electron chi connectivity index (χ2n) is 4.15. The minimum atomic E-state index is -0.388. The van der Waals surface area contributed by atoms with Crippen LogP contribution in [-0.2, 0) is 11.4 Å². The van der Waals surface area contributed by atoms with Gasteiger partial charge in [-0.2, -0.15) is 5.26 Å². The van der Waals surface area contributed by atoms with Crippen LogP contribution < -0.4 is 4.74 Å². The average molecular weight is 286 g/mol. The molecule has 6 heteroatoms. The molecule has 0 aliphatic rings. The maximum absolute atomic E-state index is 11.8. The van der Waals surface area contributed by atoms with Crippen molar-refractivity contribution in [2.24, 2.45) is 0 Å². The van der Waals surface area contributed by atoms with Crippen LogP contribution in [0.25, 0.3) is 0 Å². The average Bonchev–Trinajstić information content (AvgIpc) is 3.00. The summed E-state index contributed by atoms with van der Waals surface area (Å²) >= 11 is 0. The van der Waals surface area contributed by atoms with E-state index >= 15 is 0 Å². The fourth-order valence-corrected chi connectivity index (χ4v) is 1.64. The third kappa shape index (κ3) is 3.41. The normalized spacial score (nSPS) is 9.95. The van der Waals surface area contributed by atoms with E-state index in [4.69, 9.17) is 19.3 Å². The van der Waals surface area contributed by atoms with Gasteiger partial charge in [-0.25, -0.2) is 5.06 Å². The molecule has 0 bridgehead atoms. The number of carbonyl (C=O) groups is 1. The molecule has 0 spiro atoms. The lowest BCUT2D eigenvalue weighted by Gasteiger charge is -2.11. The summed E-state index contributed by atoms with van der Waals surface area (Å²) in [4.78, 5) is 16.6. The first-order chi connectivity index (χ1) is 10.2. The summed E-state index contributed by atoms with van der Waals surface area (Å²) in [5.74, 6) is 0.724. The Labute approximate surface area is 122 Å². The van der Waals surface area contributed by atoms with Gasteiger partial charge >= 0.3 is 5.91 Å². The third-order valence-corrected chi connectivity index (χ3v) is 2.81. The number of furan rings is 1. The molecule has 1 aromatic carbocycles. The van der Waals surface area contributed by atoms with Crippen LogP contribution in [0.1, 0.15) is 21.9 Å². The molecule has 2 aromatic rings. The van der Waals surface area contributed by atoms with Crippen molar-refractivity contribution in [1.82, 2.24) is 5.06 Å². The molecule has 0 saturated carbocycles. The van der Waals surface area contributed by atoms with Crippen LogP contribution in [0, 0.1) is 11.3 Å². The van der Waals surface area contributed by atoms with Crippen LogP contribution >= 0.6 is 0 Å². The van der Waals surface area contributed by atoms with Gasteiger partial charge in [0.25, 0.3) is 0 Å². The Bertz CT molecular complexity index is 672. The van der Waals surface area contributed by atoms with E-state index in [-0.39, 0.29) is 18.3 Å². The number of nitrogens with zero attached hydrogens (tertiary/aromatic N) is 2. The third-order valence-electron chi connectivity index (χ3n) is 2.81. The summed E-state index contributed by atoms with van der Waals surface area (Å²) in [6.07, 6.45) is 0. The predicted octanol–water partition coefficient (Wildman–Crippen LogP) is 2.36. The monoisotopic (exact) mass is 286 g/mol. The summed E-state index contributed by atoms with van der Waals surface area (Å²) in [7, 11) is 2.88. The highest BCUT2D eigenvalue weighted by Gasteiger charge is 2.16. The van der Waals surface area contributed by atoms with Crippen molar-refractivity contribution in [3.63, 3.8) is 0 Å². The molecule has 0 N–H and O–H groups in total. The Morgan fingerprint density at radius 2 is 2.10 bits per heavy atom. The van der Waals surface area contributed by atoms with Crippen molar-refractivity contribution in [1.29, 1.82) is 5.26 Å². The Balaban J connectivity index is 2.04. The van der Waals surface area contributed by atoms with Crippen LogP contribution in [0.3, 0.4) is 0 Å². The van der Waals surface area contributed by atoms with Crippen LogP contribution in [0.2, 0.25) is 0 Å². The number of rotatable bonds is 5. The zero-order valence-corrected chi connectivity index (χ0v) is 11.7. The first-order valence-corrected chi connectivity index (χ1v) is 6.18. The minimum Gasteiger partial charge on any atom is -0.484 e. The van der Waals surface area contributed by atoms with Crippen LogP contribution in [-0.4, -0.2) is 25.1 Å². The molecule has 108 valence electrons. The van der Waals surface area contributed by atoms with E-state index < -0.39 is 0 Å². The molecule has 0 aliphatic heterocycles. The number of hydroxylamine groups is 2. The van der Waals surface area contributed by atoms with Crippen molar-refractivity contribution >= 4 is 5.91 Å². The van der Waals surface area contributed by atoms with Crippen molar-refractivity contribution in [3.05, 3.63) is 53.5 Å². The van der Waals surface area contributed by atoms with Gasteiger partial charge < -0.3 is 9.15 Å². The minimum absolute atomic E-state index is 0.128. The standard InChI is InChI=1S/C15H14N2O4/c1-17(19-2)15(18)14-8-7-12(21-14)10-20-13-6-4-3-5-11(13)9-16/h3-8H,10H2,1-2H3. The summed E-state index contributed by atoms with van der Waals surface area (Å²) in [5, 5.41) is 10.0. The van der Waals surface area contributed by atoms with Crippen LogP contribution in [0.15, 0.2) is 40.8 Å². The van der Waals surface area contributed by atoms with Gasteiger partial charge in [0, 0.05) is 7.05 Å². The predicted molar refractivity (Wildman–Crippen MR) is 73.3 cm³/mol. The SMILES string of the molecule is CON(C)C(=O)c1ccc(COc2ccccc2C#N)o1. The van der Waals surface area contributed by atoms with Gasteiger partial charge in [-0.3, -0.25) is 9.63 Å². The molecule has 2 rings (SSSR count). The zero-order valence-electron chi connectivity index (χ0n) is 11.7. The van der Waals surface area contributed by atoms with Crippen molar-refractivity contribution in [2.75, 3.05) is 14.2 Å². The number of benzene rings is 1. The molecule has 0 unspecified atom stereocenters. The highest BCUT2D eigenvalue weighted by Crippen LogP contribution is 2.19. The molecule has 0 aliphatic carbocycles. The van der Waals surface area contributed by atoms with E-state index in [0.717, 1.165) is 5.06 Å². The molecule has 6 nitrogen and oxygen atoms in total. The first-order valence-electron chi connectivity index (χ1n) is 6.18. The van der Waals surface area contributed by atoms with E-state index in [1.807, 2.05) is 6.07 Å². The van der Waals surface area contributed by atoms with E-state index in [1.54, 1.807) is 36.4 Å². The molecule has 0 atom stereocenters. The molecule has 0 saturated heterocycles. The van der Waals surface area contributed by atoms with E-state index in [0.29, 0.717) is 17.1 Å². The Morgan fingerprint density at radius 3 is 2.81 bits per heavy atom. The van der Waals surface area contributed by atoms with Crippen molar-refractivity contribution in [2.45, 2.75) is 6.61 Å². The Hall–Kier alpha value is -2.78. The second-order valence-corrected chi connectivity index (χ2v) is 4.15. The summed E-state index contributed by atoms with van der Waals surface area (Å²) < 4.78 is 10.9. The number of hydrogen-bond acceptors (Lipinski definition) is 5. The smallest absolute Gasteiger partial charge is 0.312 e. The Kier molecular flexibility index (Phi) is 4.59. The summed E-state index contributed by atoms with van der Waals surface area (Å²) in [6, 6.07) is 12.1. The molecule has 1 heterocycles. The fraction of sp³-hybridized carbons (Fsp3) is 0.200. The lowest BCUT2D eigenvalue weighted by atomic mass is 10.2. The van der Waals surface area contributed by atoms with Crippen molar-refractivity contribution in [3.8, 4) is 11.8 Å². The molecular weight excluding hydrogens is 272 g/mol. The number of ether oxygens (including phenoxy) is 1. The summed E-state index contributed by atoms with van der Waals surface area (Å²) in [5.41, 5.74) is 0.444. The topological polar surface area (TPSA) is 75.7 Å². The van der Waals surface area contributed by atoms with Gasteiger partial charge in [0.1, 0.15) is 24.2 Å². The maximum atomic E-state index is 11.8. The fourth-order valence-electron chi connectivity index (χ4n) is 1.64. The number of hydrogen-bond donors (Lipinski definition) is 0. The van der Waals surface area contributed by atoms with Crippen LogP contribution in [0.4, 0.5) is 0 Å². The molecule has 1 amide bonds. The van der Waals surface area contributed by atoms with Gasteiger partial charge in [0.2, 0.25) is 0 Å². The van der Waals surface area contributed by atoms with Gasteiger partial charge in [-0.05, 0) is 24.3 Å². The Morgan fingerprint density at radius 1 is 1.33 bits per heavy atom. The van der Waals surface area contributed by atoms with Crippen LogP contribution in [0.5, 0.6) is 5.75 Å². The molecule has 21 heavy (non-hydrogen) atoms. The van der Waals surface area contributed by atoms with Gasteiger partial charge in [0.15, 0.2) is 5.76 Å². The number of carbonyl (C=O) groups excluding carboxylic acids is 1. The quantitative estimate of drug-likeness (QED) is 0.789. The van der Waals surface area contributed by atoms with E-state index in [1.165, 1.54) is 14.2 Å².